The number of unbranched alkanes of at least 4 members (excludes halogenated alkanes) is 4. The molecule has 0 spiro atoms. The fourth-order valence-corrected chi connectivity index (χ4v) is 21.3. The van der Waals surface area contributed by atoms with Crippen molar-refractivity contribution >= 4 is 137 Å². The molecule has 4 aliphatic rings. The molecule has 88 heavy (non-hydrogen) atoms. The van der Waals surface area contributed by atoms with E-state index in [1.807, 2.05) is 48.7 Å². The van der Waals surface area contributed by atoms with Crippen LogP contribution in [-0.4, -0.2) is 61.8 Å². The van der Waals surface area contributed by atoms with Crippen LogP contribution in [0.3, 0.4) is 0 Å². The first kappa shape index (κ1) is 65.1. The van der Waals surface area contributed by atoms with Gasteiger partial charge in [-0.3, -0.25) is 24.2 Å². The normalized spacial score (nSPS) is 20.4. The summed E-state index contributed by atoms with van der Waals surface area (Å²) in [4.78, 5) is 49.2. The predicted octanol–water partition coefficient (Wildman–Crippen LogP) is 22.4. The lowest BCUT2D eigenvalue weighted by Gasteiger charge is -2.40. The van der Waals surface area contributed by atoms with E-state index in [1.54, 1.807) is 10.5 Å². The summed E-state index contributed by atoms with van der Waals surface area (Å²) in [5.74, 6) is 1.95. The first-order chi connectivity index (χ1) is 42.8. The maximum absolute atomic E-state index is 13.5. The molecule has 0 bridgehead atoms. The molecular weight excluding hydrogens is 1220 g/mol. The number of aromatic nitrogens is 4. The quantitative estimate of drug-likeness (QED) is 0.0319. The van der Waals surface area contributed by atoms with Crippen LogP contribution in [-0.2, 0) is 20.4 Å². The Hall–Kier alpha value is -4.42. The van der Waals surface area contributed by atoms with E-state index < -0.39 is 0 Å². The van der Waals surface area contributed by atoms with Crippen molar-refractivity contribution in [3.8, 4) is 41.8 Å². The summed E-state index contributed by atoms with van der Waals surface area (Å²) in [5.41, 5.74) is 15.8. The zero-order valence-electron chi connectivity index (χ0n) is 53.4. The lowest BCUT2D eigenvalue weighted by atomic mass is 9.63. The zero-order valence-corrected chi connectivity index (χ0v) is 59.1. The van der Waals surface area contributed by atoms with E-state index in [4.69, 9.17) is 29.7 Å². The number of imide groups is 1. The van der Waals surface area contributed by atoms with Crippen molar-refractivity contribution in [1.82, 2.24) is 27.3 Å². The van der Waals surface area contributed by atoms with Crippen molar-refractivity contribution in [3.63, 3.8) is 0 Å². The molecule has 2 fully saturated rings. The highest BCUT2D eigenvalue weighted by Crippen LogP contribution is 2.66. The van der Waals surface area contributed by atoms with Gasteiger partial charge in [0, 0.05) is 65.7 Å². The number of amides is 3. The summed E-state index contributed by atoms with van der Waals surface area (Å²) >= 11 is 14.4. The number of thioether (sulfide) groups is 2. The van der Waals surface area contributed by atoms with Gasteiger partial charge in [0.15, 0.2) is 0 Å². The molecule has 3 aromatic carbocycles. The average Bonchev–Trinajstić information content (AvgIpc) is 1.52. The second-order valence-corrected chi connectivity index (χ2v) is 31.3. The maximum atomic E-state index is 13.5. The molecule has 4 atom stereocenters. The topological polar surface area (TPSA) is 109 Å². The van der Waals surface area contributed by atoms with Crippen LogP contribution in [0.4, 0.5) is 4.79 Å². The van der Waals surface area contributed by atoms with Crippen LogP contribution in [0.15, 0.2) is 58.3 Å². The number of thiocarbonyl (C=S) groups is 1. The smallest absolute Gasteiger partial charge is 0.293 e. The molecule has 0 radical (unpaired) electrons. The van der Waals surface area contributed by atoms with Crippen LogP contribution in [0.5, 0.6) is 0 Å². The monoisotopic (exact) mass is 1310 g/mol. The molecule has 7 aromatic rings. The van der Waals surface area contributed by atoms with Gasteiger partial charge in [-0.2, -0.15) is 17.5 Å². The van der Waals surface area contributed by atoms with Crippen molar-refractivity contribution < 1.29 is 14.4 Å². The van der Waals surface area contributed by atoms with Gasteiger partial charge in [0.25, 0.3) is 17.1 Å². The summed E-state index contributed by atoms with van der Waals surface area (Å²) in [6, 6.07) is 19.5. The number of nitrogens with zero attached hydrogens (tertiary/aromatic N) is 6. The molecule has 9 nitrogen and oxygen atoms in total. The predicted molar refractivity (Wildman–Crippen MR) is 383 cm³/mol. The van der Waals surface area contributed by atoms with Crippen molar-refractivity contribution in [1.29, 1.82) is 0 Å². The van der Waals surface area contributed by atoms with E-state index in [-0.39, 0.29) is 27.9 Å². The van der Waals surface area contributed by atoms with Crippen molar-refractivity contribution in [2.24, 2.45) is 23.7 Å². The number of fused-ring (bicyclic) bond motifs is 8. The SMILES string of the molecule is CCCCC(CC)CC1(CC(CC)CCCC)c2cc3c(cc2-c2sc(-c4ccc(/C=C5\SC(=O)N(CC)C5=O)c5nsnc45)cc21)C(CC(CC)CCCC)(CC(CC)CCCC)c1cc(-c2ccc(/C=C4\SC(=S)N(CC)C4=O)c4nsnc24)sc1-3. The molecule has 6 heterocycles. The van der Waals surface area contributed by atoms with Crippen LogP contribution in [0.25, 0.3) is 76.0 Å². The number of hydrogen-bond donors (Lipinski definition) is 0. The maximum Gasteiger partial charge on any atom is 0.293 e. The average molecular weight is 1310 g/mol. The van der Waals surface area contributed by atoms with Gasteiger partial charge in [-0.1, -0.05) is 206 Å². The van der Waals surface area contributed by atoms with Crippen molar-refractivity contribution in [2.75, 3.05) is 13.1 Å². The molecule has 3 amide bonds. The van der Waals surface area contributed by atoms with Crippen molar-refractivity contribution in [3.05, 3.63) is 91.7 Å². The third-order valence-electron chi connectivity index (χ3n) is 20.3. The minimum absolute atomic E-state index is 0.0448. The number of benzene rings is 3. The Morgan fingerprint density at radius 1 is 0.466 bits per heavy atom. The second kappa shape index (κ2) is 28.2. The molecule has 16 heteroatoms. The molecule has 2 aliphatic heterocycles. The van der Waals surface area contributed by atoms with Gasteiger partial charge in [0.1, 0.15) is 26.4 Å². The summed E-state index contributed by atoms with van der Waals surface area (Å²) in [5, 5.41) is -0.230. The molecule has 2 saturated heterocycles. The van der Waals surface area contributed by atoms with Gasteiger partial charge in [0.05, 0.1) is 33.3 Å². The summed E-state index contributed by atoms with van der Waals surface area (Å²) in [7, 11) is 0. The van der Waals surface area contributed by atoms with Gasteiger partial charge in [-0.15, -0.1) is 22.7 Å². The fourth-order valence-electron chi connectivity index (χ4n) is 15.2. The third kappa shape index (κ3) is 12.1. The number of rotatable bonds is 30. The third-order valence-corrected chi connectivity index (χ3v) is 26.0. The van der Waals surface area contributed by atoms with E-state index >= 15 is 0 Å². The second-order valence-electron chi connectivity index (χ2n) is 25.5. The number of thiophene rings is 2. The Morgan fingerprint density at radius 2 is 0.841 bits per heavy atom. The molecular formula is C72H88N6O3S7. The molecule has 466 valence electrons. The van der Waals surface area contributed by atoms with Gasteiger partial charge in [-0.25, -0.2) is 0 Å². The Morgan fingerprint density at radius 3 is 1.19 bits per heavy atom. The Balaban J connectivity index is 1.15. The highest BCUT2D eigenvalue weighted by Gasteiger charge is 2.52. The lowest BCUT2D eigenvalue weighted by Crippen LogP contribution is -2.32. The highest BCUT2D eigenvalue weighted by molar-refractivity contribution is 8.26. The Bertz CT molecular complexity index is 3530. The van der Waals surface area contributed by atoms with Crippen LogP contribution < -0.4 is 0 Å². The van der Waals surface area contributed by atoms with Crippen molar-refractivity contribution in [2.45, 2.75) is 208 Å². The Kier molecular flexibility index (Phi) is 20.9. The molecule has 4 aromatic heterocycles. The molecule has 0 N–H and O–H groups in total. The molecule has 0 saturated carbocycles. The van der Waals surface area contributed by atoms with E-state index in [2.05, 4.69) is 104 Å². The van der Waals surface area contributed by atoms with E-state index in [0.29, 0.717) is 50.9 Å². The zero-order chi connectivity index (χ0) is 62.0. The number of hydrogen-bond acceptors (Lipinski definition) is 14. The van der Waals surface area contributed by atoms with Gasteiger partial charge in [0.2, 0.25) is 0 Å². The number of carbonyl (C=O) groups excluding carboxylic acids is 3. The molecule has 11 rings (SSSR count). The van der Waals surface area contributed by atoms with Crippen LogP contribution >= 0.6 is 81.9 Å². The largest absolute Gasteiger partial charge is 0.293 e. The molecule has 4 unspecified atom stereocenters. The van der Waals surface area contributed by atoms with E-state index in [0.717, 1.165) is 107 Å². The molecule has 2 aliphatic carbocycles. The van der Waals surface area contributed by atoms with E-state index in [1.165, 1.54) is 164 Å². The van der Waals surface area contributed by atoms with Crippen LogP contribution in [0.2, 0.25) is 0 Å². The first-order valence-corrected chi connectivity index (χ1v) is 38.4. The lowest BCUT2D eigenvalue weighted by molar-refractivity contribution is -0.123. The van der Waals surface area contributed by atoms with Gasteiger partial charge >= 0.3 is 0 Å². The van der Waals surface area contributed by atoms with Crippen LogP contribution in [0.1, 0.15) is 231 Å². The first-order valence-electron chi connectivity index (χ1n) is 33.3. The van der Waals surface area contributed by atoms with Gasteiger partial charge < -0.3 is 0 Å². The van der Waals surface area contributed by atoms with Gasteiger partial charge in [-0.05, 0) is 145 Å². The minimum Gasteiger partial charge on any atom is -0.293 e. The highest BCUT2D eigenvalue weighted by atomic mass is 32.2. The minimum atomic E-state index is -0.248. The van der Waals surface area contributed by atoms with E-state index in [9.17, 15) is 14.4 Å². The van der Waals surface area contributed by atoms with Crippen LogP contribution in [0, 0.1) is 23.7 Å². The Labute approximate surface area is 553 Å². The fraction of sp³-hybridized carbons (Fsp3) is 0.528. The summed E-state index contributed by atoms with van der Waals surface area (Å²) in [6.45, 7) is 23.9. The summed E-state index contributed by atoms with van der Waals surface area (Å²) in [6.07, 6.45) is 27.5. The number of carbonyl (C=O) groups is 3. The summed E-state index contributed by atoms with van der Waals surface area (Å²) < 4.78 is 20.6. The standard InChI is InChI=1S/C72H88N6O3S7/c1-11-21-25-43(15-5)39-71(40-44(16-6)26-22-12-2)53-36-52-54(35-51(53)65-55(71)37-57(83-65)49-31-29-47(61-63(49)75-87-73-61)33-59-67(79)77(19-9)69(81)85-59)72(41-45(17-7)27-23-13-3,42-46(18-8)28-24-14-4)56-38-58(84-66(52)56)50-32-30-48(62-64(50)76-88-74-62)34-60-68(80)78(20-10)70(82)86-60/h29-38,43-46H,11-28,39-42H2,1-10H3/b59-33-,60-34-. The number of likely N-dealkylation sites (N-methyl/N-ethyl adjacent to an activating group) is 2.